The molecule has 1 aromatic heterocycles. The zero-order valence-electron chi connectivity index (χ0n) is 11.1. The molecule has 6 heteroatoms. The molecule has 4 nitrogen and oxygen atoms in total. The van der Waals surface area contributed by atoms with Crippen LogP contribution in [0.1, 0.15) is 16.1 Å². The van der Waals surface area contributed by atoms with Crippen molar-refractivity contribution in [1.82, 2.24) is 10.2 Å². The van der Waals surface area contributed by atoms with Crippen LogP contribution in [0.3, 0.4) is 0 Å². The third-order valence-electron chi connectivity index (χ3n) is 3.62. The summed E-state index contributed by atoms with van der Waals surface area (Å²) in [5.41, 5.74) is 6.62. The van der Waals surface area contributed by atoms with Crippen LogP contribution in [-0.2, 0) is 0 Å². The van der Waals surface area contributed by atoms with Crippen LogP contribution < -0.4 is 11.1 Å². The summed E-state index contributed by atoms with van der Waals surface area (Å²) < 4.78 is 0.987. The van der Waals surface area contributed by atoms with Crippen LogP contribution in [0.4, 0.5) is 5.69 Å². The van der Waals surface area contributed by atoms with Crippen molar-refractivity contribution in [2.75, 3.05) is 25.9 Å². The summed E-state index contributed by atoms with van der Waals surface area (Å²) in [6.45, 7) is 1.91. The minimum absolute atomic E-state index is 0.0832. The Hall–Kier alpha value is -1.30. The second kappa shape index (κ2) is 5.24. The van der Waals surface area contributed by atoms with Gasteiger partial charge in [0.15, 0.2) is 0 Å². The Bertz CT molecular complexity index is 670. The lowest BCUT2D eigenvalue weighted by Crippen LogP contribution is -2.36. The van der Waals surface area contributed by atoms with Gasteiger partial charge in [0.2, 0.25) is 0 Å². The van der Waals surface area contributed by atoms with Crippen LogP contribution in [0.5, 0.6) is 0 Å². The van der Waals surface area contributed by atoms with Gasteiger partial charge in [0.25, 0.3) is 5.91 Å². The average Bonchev–Trinajstić information content (AvgIpc) is 2.94. The Morgan fingerprint density at radius 1 is 1.55 bits per heavy atom. The Kier molecular flexibility index (Phi) is 3.58. The van der Waals surface area contributed by atoms with Crippen LogP contribution in [0.15, 0.2) is 18.2 Å². The maximum Gasteiger partial charge on any atom is 0.263 e. The molecular formula is C14H16ClN3OS. The number of rotatable bonds is 2. The number of nitrogens with one attached hydrogen (secondary N) is 1. The van der Waals surface area contributed by atoms with Crippen LogP contribution >= 0.6 is 22.9 Å². The maximum atomic E-state index is 12.4. The van der Waals surface area contributed by atoms with Gasteiger partial charge in [-0.2, -0.15) is 0 Å². The van der Waals surface area contributed by atoms with Crippen molar-refractivity contribution in [2.24, 2.45) is 0 Å². The van der Waals surface area contributed by atoms with Gasteiger partial charge < -0.3 is 16.0 Å². The Morgan fingerprint density at radius 3 is 3.05 bits per heavy atom. The standard InChI is InChI=1S/C14H16ClN3OS/c1-18-5-4-9(7-18)17-14(19)13-12(16)10-6-8(15)2-3-11(10)20-13/h2-3,6,9H,4-5,7,16H2,1H3,(H,17,19). The molecule has 0 radical (unpaired) electrons. The summed E-state index contributed by atoms with van der Waals surface area (Å²) in [7, 11) is 2.06. The van der Waals surface area contributed by atoms with E-state index in [4.69, 9.17) is 17.3 Å². The molecule has 106 valence electrons. The third kappa shape index (κ3) is 2.49. The molecule has 1 aliphatic heterocycles. The molecule has 20 heavy (non-hydrogen) atoms. The highest BCUT2D eigenvalue weighted by Crippen LogP contribution is 2.35. The number of amides is 1. The van der Waals surface area contributed by atoms with Gasteiger partial charge in [-0.1, -0.05) is 11.6 Å². The molecular weight excluding hydrogens is 294 g/mol. The van der Waals surface area contributed by atoms with Crippen LogP contribution in [0, 0.1) is 0 Å². The lowest BCUT2D eigenvalue weighted by atomic mass is 10.2. The number of likely N-dealkylation sites (N-methyl/N-ethyl adjacent to an activating group) is 1. The van der Waals surface area contributed by atoms with Crippen molar-refractivity contribution in [3.05, 3.63) is 28.1 Å². The fraction of sp³-hybridized carbons (Fsp3) is 0.357. The molecule has 3 N–H and O–H groups in total. The molecule has 0 bridgehead atoms. The molecule has 0 saturated carbocycles. The fourth-order valence-electron chi connectivity index (χ4n) is 2.56. The van der Waals surface area contributed by atoms with Gasteiger partial charge in [0.1, 0.15) is 4.88 Å². The molecule has 1 amide bonds. The van der Waals surface area contributed by atoms with Crippen molar-refractivity contribution in [3.8, 4) is 0 Å². The monoisotopic (exact) mass is 309 g/mol. The Morgan fingerprint density at radius 2 is 2.35 bits per heavy atom. The number of benzene rings is 1. The maximum absolute atomic E-state index is 12.4. The number of carbonyl (C=O) groups is 1. The molecule has 1 saturated heterocycles. The highest BCUT2D eigenvalue weighted by molar-refractivity contribution is 7.21. The van der Waals surface area contributed by atoms with Crippen LogP contribution in [-0.4, -0.2) is 37.0 Å². The van der Waals surface area contributed by atoms with Crippen molar-refractivity contribution in [1.29, 1.82) is 0 Å². The predicted molar refractivity (Wildman–Crippen MR) is 84.6 cm³/mol. The summed E-state index contributed by atoms with van der Waals surface area (Å²) in [4.78, 5) is 15.1. The van der Waals surface area contributed by atoms with E-state index in [2.05, 4.69) is 17.3 Å². The van der Waals surface area contributed by atoms with Gasteiger partial charge in [-0.3, -0.25) is 4.79 Å². The molecule has 3 rings (SSSR count). The highest BCUT2D eigenvalue weighted by Gasteiger charge is 2.24. The fourth-order valence-corrected chi connectivity index (χ4v) is 3.74. The Balaban J connectivity index is 1.86. The van der Waals surface area contributed by atoms with Crippen molar-refractivity contribution in [2.45, 2.75) is 12.5 Å². The smallest absolute Gasteiger partial charge is 0.263 e. The molecule has 1 aliphatic rings. The molecule has 2 aromatic rings. The van der Waals surface area contributed by atoms with Gasteiger partial charge in [0, 0.05) is 27.7 Å². The van der Waals surface area contributed by atoms with Crippen LogP contribution in [0.25, 0.3) is 10.1 Å². The number of carbonyl (C=O) groups excluding carboxylic acids is 1. The van der Waals surface area contributed by atoms with Gasteiger partial charge in [-0.25, -0.2) is 0 Å². The van der Waals surface area contributed by atoms with E-state index in [1.54, 1.807) is 0 Å². The number of anilines is 1. The van der Waals surface area contributed by atoms with Gasteiger partial charge in [0.05, 0.1) is 5.69 Å². The number of fused-ring (bicyclic) bond motifs is 1. The summed E-state index contributed by atoms with van der Waals surface area (Å²) >= 11 is 7.39. The van der Waals surface area contributed by atoms with E-state index in [0.717, 1.165) is 29.6 Å². The number of nitrogens with zero attached hydrogens (tertiary/aromatic N) is 1. The first-order valence-electron chi connectivity index (χ1n) is 6.51. The van der Waals surface area contributed by atoms with Crippen molar-refractivity contribution < 1.29 is 4.79 Å². The van der Waals surface area contributed by atoms with Crippen molar-refractivity contribution in [3.63, 3.8) is 0 Å². The first-order valence-corrected chi connectivity index (χ1v) is 7.71. The predicted octanol–water partition coefficient (Wildman–Crippen LogP) is 2.57. The number of hydrogen-bond acceptors (Lipinski definition) is 4. The van der Waals surface area contributed by atoms with E-state index in [0.29, 0.717) is 15.6 Å². The van der Waals surface area contributed by atoms with Crippen LogP contribution in [0.2, 0.25) is 5.02 Å². The number of hydrogen-bond donors (Lipinski definition) is 2. The van der Waals surface area contributed by atoms with E-state index in [1.807, 2.05) is 18.2 Å². The van der Waals surface area contributed by atoms with E-state index >= 15 is 0 Å². The first-order chi connectivity index (χ1) is 9.54. The van der Waals surface area contributed by atoms with Gasteiger partial charge in [-0.15, -0.1) is 11.3 Å². The van der Waals surface area contributed by atoms with E-state index in [-0.39, 0.29) is 11.9 Å². The zero-order chi connectivity index (χ0) is 14.3. The molecule has 1 fully saturated rings. The largest absolute Gasteiger partial charge is 0.397 e. The lowest BCUT2D eigenvalue weighted by molar-refractivity contribution is 0.0943. The minimum atomic E-state index is -0.0832. The normalized spacial score (nSPS) is 19.6. The Labute approximate surface area is 126 Å². The number of nitrogen functional groups attached to an aromatic ring is 1. The second-order valence-electron chi connectivity index (χ2n) is 5.21. The molecule has 1 atom stereocenters. The number of thiophene rings is 1. The van der Waals surface area contributed by atoms with E-state index < -0.39 is 0 Å². The summed E-state index contributed by atoms with van der Waals surface area (Å²) in [5, 5.41) is 4.55. The third-order valence-corrected chi connectivity index (χ3v) is 5.04. The topological polar surface area (TPSA) is 58.4 Å². The summed E-state index contributed by atoms with van der Waals surface area (Å²) in [5.74, 6) is -0.0832. The number of nitrogens with two attached hydrogens (primary N) is 1. The second-order valence-corrected chi connectivity index (χ2v) is 6.70. The molecule has 1 aromatic carbocycles. The molecule has 1 unspecified atom stereocenters. The first kappa shape index (κ1) is 13.7. The van der Waals surface area contributed by atoms with E-state index in [9.17, 15) is 4.79 Å². The molecule has 0 aliphatic carbocycles. The zero-order valence-corrected chi connectivity index (χ0v) is 12.7. The van der Waals surface area contributed by atoms with Crippen molar-refractivity contribution >= 4 is 44.6 Å². The van der Waals surface area contributed by atoms with Gasteiger partial charge in [-0.05, 0) is 38.2 Å². The minimum Gasteiger partial charge on any atom is -0.397 e. The number of likely N-dealkylation sites (tertiary alicyclic amines) is 1. The summed E-state index contributed by atoms with van der Waals surface area (Å²) in [6.07, 6.45) is 0.985. The average molecular weight is 310 g/mol. The molecule has 2 heterocycles. The van der Waals surface area contributed by atoms with Gasteiger partial charge >= 0.3 is 0 Å². The lowest BCUT2D eigenvalue weighted by Gasteiger charge is -2.12. The highest BCUT2D eigenvalue weighted by atomic mass is 35.5. The number of halogens is 1. The SMILES string of the molecule is CN1CCC(NC(=O)c2sc3ccc(Cl)cc3c2N)C1. The van der Waals surface area contributed by atoms with E-state index in [1.165, 1.54) is 11.3 Å². The quantitative estimate of drug-likeness (QED) is 0.896. The summed E-state index contributed by atoms with van der Waals surface area (Å²) in [6, 6.07) is 5.73. The molecule has 0 spiro atoms.